The summed E-state index contributed by atoms with van der Waals surface area (Å²) in [5.74, 6) is -0.272. The fraction of sp³-hybridized carbons (Fsp3) is 0.0833. The lowest BCUT2D eigenvalue weighted by molar-refractivity contribution is 0.0924. The Hall–Kier alpha value is -4.15. The van der Waals surface area contributed by atoms with Crippen molar-refractivity contribution < 1.29 is 27.0 Å². The second kappa shape index (κ2) is 10.6. The number of hydrogen-bond donors (Lipinski definition) is 4. The van der Waals surface area contributed by atoms with Crippen molar-refractivity contribution in [3.8, 4) is 0 Å². The lowest BCUT2D eigenvalue weighted by atomic mass is 10.1. The van der Waals surface area contributed by atoms with Crippen LogP contribution in [-0.2, 0) is 16.7 Å². The summed E-state index contributed by atoms with van der Waals surface area (Å²) >= 11 is 0. The molecule has 34 heavy (non-hydrogen) atoms. The van der Waals surface area contributed by atoms with Gasteiger partial charge in [-0.3, -0.25) is 14.1 Å². The molecule has 2 amide bonds. The molecule has 0 atom stereocenters. The normalized spacial score (nSPS) is 10.8. The van der Waals surface area contributed by atoms with Gasteiger partial charge in [0.05, 0.1) is 17.6 Å². The smallest absolute Gasteiger partial charge is 0.287 e. The van der Waals surface area contributed by atoms with Gasteiger partial charge >= 0.3 is 0 Å². The minimum Gasteiger partial charge on any atom is -0.451 e. The van der Waals surface area contributed by atoms with Gasteiger partial charge in [-0.05, 0) is 42.0 Å². The summed E-state index contributed by atoms with van der Waals surface area (Å²) in [6.07, 6.45) is 0.715. The van der Waals surface area contributed by atoms with Crippen molar-refractivity contribution in [2.45, 2.75) is 6.54 Å². The Labute approximate surface area is 196 Å². The van der Waals surface area contributed by atoms with E-state index in [0.29, 0.717) is 35.3 Å². The van der Waals surface area contributed by atoms with Crippen LogP contribution < -0.4 is 16.4 Å². The highest BCUT2D eigenvalue weighted by Crippen LogP contribution is 2.19. The van der Waals surface area contributed by atoms with Crippen LogP contribution in [0.1, 0.15) is 26.5 Å². The first-order valence-corrected chi connectivity index (χ1v) is 11.9. The summed E-state index contributed by atoms with van der Waals surface area (Å²) < 4.78 is 31.4. The molecule has 0 radical (unpaired) electrons. The second-order valence-electron chi connectivity index (χ2n) is 7.30. The van der Waals surface area contributed by atoms with E-state index in [1.54, 1.807) is 54.6 Å². The van der Waals surface area contributed by atoms with Crippen molar-refractivity contribution in [3.05, 3.63) is 95.7 Å². The summed E-state index contributed by atoms with van der Waals surface area (Å²) in [4.78, 5) is 24.7. The Morgan fingerprint density at radius 2 is 1.56 bits per heavy atom. The molecule has 4 rings (SSSR count). The first kappa shape index (κ1) is 24.5. The van der Waals surface area contributed by atoms with Gasteiger partial charge in [-0.1, -0.05) is 42.5 Å². The first-order valence-electron chi connectivity index (χ1n) is 10.0. The number of carbonyl (C=O) groups excluding carboxylic acids is 2. The number of benzene rings is 3. The lowest BCUT2D eigenvalue weighted by Gasteiger charge is -2.09. The van der Waals surface area contributed by atoms with Crippen molar-refractivity contribution in [3.63, 3.8) is 0 Å². The van der Waals surface area contributed by atoms with Gasteiger partial charge in [-0.15, -0.1) is 0 Å². The second-order valence-corrected chi connectivity index (χ2v) is 8.77. The molecule has 5 N–H and O–H groups in total. The highest BCUT2D eigenvalue weighted by Gasteiger charge is 2.12. The van der Waals surface area contributed by atoms with Crippen LogP contribution in [-0.4, -0.2) is 31.0 Å². The molecule has 1 aromatic heterocycles. The first-order chi connectivity index (χ1) is 16.1. The molecule has 10 heteroatoms. The number of nitrogen functional groups attached to an aromatic ring is 1. The molecule has 0 aliphatic rings. The zero-order valence-electron chi connectivity index (χ0n) is 18.2. The number of hydrogen-bond acceptors (Lipinski definition) is 6. The highest BCUT2D eigenvalue weighted by atomic mass is 32.2. The van der Waals surface area contributed by atoms with E-state index in [1.807, 2.05) is 24.3 Å². The topological polar surface area (TPSA) is 152 Å². The number of nitrogens with one attached hydrogen (secondary N) is 2. The third-order valence-corrected chi connectivity index (χ3v) is 4.53. The number of amides is 2. The van der Waals surface area contributed by atoms with Crippen LogP contribution in [0, 0.1) is 0 Å². The number of rotatable bonds is 5. The quantitative estimate of drug-likeness (QED) is 0.250. The van der Waals surface area contributed by atoms with Gasteiger partial charge in [-0.25, -0.2) is 0 Å². The van der Waals surface area contributed by atoms with Crippen molar-refractivity contribution in [2.24, 2.45) is 0 Å². The fourth-order valence-electron chi connectivity index (χ4n) is 2.94. The summed E-state index contributed by atoms with van der Waals surface area (Å²) in [6.45, 7) is 0.323. The molecule has 3 aromatic carbocycles. The lowest BCUT2D eigenvalue weighted by Crippen LogP contribution is -2.22. The molecule has 1 heterocycles. The molecule has 0 saturated carbocycles. The van der Waals surface area contributed by atoms with E-state index in [4.69, 9.17) is 14.7 Å². The average Bonchev–Trinajstić information content (AvgIpc) is 3.23. The molecule has 0 saturated heterocycles. The van der Waals surface area contributed by atoms with E-state index >= 15 is 0 Å². The van der Waals surface area contributed by atoms with Crippen LogP contribution in [0.2, 0.25) is 0 Å². The number of fused-ring (bicyclic) bond motifs is 1. The van der Waals surface area contributed by atoms with Crippen LogP contribution in [0.4, 0.5) is 11.4 Å². The summed E-state index contributed by atoms with van der Waals surface area (Å²) in [6, 6.07) is 23.3. The van der Waals surface area contributed by atoms with E-state index in [-0.39, 0.29) is 17.6 Å². The molecule has 0 spiro atoms. The summed E-state index contributed by atoms with van der Waals surface area (Å²) in [7, 11) is -3.67. The maximum atomic E-state index is 12.4. The van der Waals surface area contributed by atoms with Crippen LogP contribution in [0.5, 0.6) is 0 Å². The maximum absolute atomic E-state index is 12.4. The molecule has 0 unspecified atom stereocenters. The molecule has 0 bridgehead atoms. The monoisotopic (exact) mass is 481 g/mol. The summed E-state index contributed by atoms with van der Waals surface area (Å²) in [5, 5.41) is 6.49. The molecule has 9 nitrogen and oxygen atoms in total. The Balaban J connectivity index is 0.000000588. The molecule has 176 valence electrons. The van der Waals surface area contributed by atoms with E-state index in [9.17, 15) is 18.0 Å². The third kappa shape index (κ3) is 7.19. The maximum Gasteiger partial charge on any atom is 0.287 e. The zero-order valence-corrected chi connectivity index (χ0v) is 19.0. The van der Waals surface area contributed by atoms with Gasteiger partial charge in [0, 0.05) is 17.5 Å². The van der Waals surface area contributed by atoms with Gasteiger partial charge in [-0.2, -0.15) is 8.42 Å². The van der Waals surface area contributed by atoms with Crippen LogP contribution in [0.25, 0.3) is 11.0 Å². The number of anilines is 2. The van der Waals surface area contributed by atoms with Crippen LogP contribution in [0.3, 0.4) is 0 Å². The Morgan fingerprint density at radius 1 is 0.941 bits per heavy atom. The van der Waals surface area contributed by atoms with E-state index in [2.05, 4.69) is 10.6 Å². The SMILES string of the molecule is CS(=O)(=O)O.Nc1ccccc1NC(=O)c1ccc(CNC(=O)c2cc3ccccc3o2)cc1. The molecule has 0 aliphatic carbocycles. The van der Waals surface area contributed by atoms with Crippen LogP contribution >= 0.6 is 0 Å². The molecular weight excluding hydrogens is 458 g/mol. The third-order valence-electron chi connectivity index (χ3n) is 4.53. The van der Waals surface area contributed by atoms with Gasteiger partial charge in [0.25, 0.3) is 21.9 Å². The predicted molar refractivity (Wildman–Crippen MR) is 130 cm³/mol. The molecule has 0 fully saturated rings. The van der Waals surface area contributed by atoms with Crippen LogP contribution in [0.15, 0.2) is 83.3 Å². The Bertz CT molecular complexity index is 1370. The van der Waals surface area contributed by atoms with E-state index < -0.39 is 10.1 Å². The standard InChI is InChI=1S/C23H19N3O3.CH4O3S/c24-18-6-2-3-7-19(18)26-22(27)16-11-9-15(10-12-16)14-25-23(28)21-13-17-5-1-4-8-20(17)29-21;1-5(2,3)4/h1-13H,14,24H2,(H,25,28)(H,26,27);1H3,(H,2,3,4). The molecular formula is C24H23N3O6S. The molecule has 4 aromatic rings. The zero-order chi connectivity index (χ0) is 24.7. The molecule has 0 aliphatic heterocycles. The Kier molecular flexibility index (Phi) is 7.67. The van der Waals surface area contributed by atoms with Gasteiger partial charge in [0.2, 0.25) is 0 Å². The highest BCUT2D eigenvalue weighted by molar-refractivity contribution is 7.85. The van der Waals surface area contributed by atoms with E-state index in [0.717, 1.165) is 10.9 Å². The predicted octanol–water partition coefficient (Wildman–Crippen LogP) is 3.70. The number of furan rings is 1. The van der Waals surface area contributed by atoms with Crippen molar-refractivity contribution >= 4 is 44.3 Å². The van der Waals surface area contributed by atoms with Gasteiger partial charge < -0.3 is 20.8 Å². The fourth-order valence-corrected chi connectivity index (χ4v) is 2.94. The number of nitrogens with two attached hydrogens (primary N) is 1. The average molecular weight is 482 g/mol. The van der Waals surface area contributed by atoms with Crippen molar-refractivity contribution in [1.82, 2.24) is 5.32 Å². The van der Waals surface area contributed by atoms with Crippen molar-refractivity contribution in [2.75, 3.05) is 17.3 Å². The van der Waals surface area contributed by atoms with Gasteiger partial charge in [0.15, 0.2) is 5.76 Å². The Morgan fingerprint density at radius 3 is 2.21 bits per heavy atom. The minimum atomic E-state index is -3.67. The van der Waals surface area contributed by atoms with Gasteiger partial charge in [0.1, 0.15) is 5.58 Å². The van der Waals surface area contributed by atoms with Crippen molar-refractivity contribution in [1.29, 1.82) is 0 Å². The summed E-state index contributed by atoms with van der Waals surface area (Å²) in [5.41, 5.74) is 8.96. The number of carbonyl (C=O) groups is 2. The minimum absolute atomic E-state index is 0.249. The van der Waals surface area contributed by atoms with E-state index in [1.165, 1.54) is 0 Å². The number of para-hydroxylation sites is 3. The largest absolute Gasteiger partial charge is 0.451 e.